The third-order valence-electron chi connectivity index (χ3n) is 19.2. The summed E-state index contributed by atoms with van der Waals surface area (Å²) >= 11 is 3.15. The van der Waals surface area contributed by atoms with Crippen molar-refractivity contribution in [2.24, 2.45) is 17.8 Å². The van der Waals surface area contributed by atoms with E-state index in [0.29, 0.717) is 97.3 Å². The van der Waals surface area contributed by atoms with Crippen LogP contribution in [0.2, 0.25) is 0 Å². The predicted octanol–water partition coefficient (Wildman–Crippen LogP) is 14.0. The number of rotatable bonds is 17. The molecule has 3 N–H and O–H groups in total. The van der Waals surface area contributed by atoms with Gasteiger partial charge in [0.2, 0.25) is 17.7 Å². The van der Waals surface area contributed by atoms with Gasteiger partial charge in [0.15, 0.2) is 34.7 Å². The number of halogens is 14. The van der Waals surface area contributed by atoms with Crippen LogP contribution in [0.5, 0.6) is 17.2 Å². The van der Waals surface area contributed by atoms with Gasteiger partial charge in [-0.25, -0.2) is 56.2 Å². The molecule has 13 rings (SSSR count). The molecule has 4 aliphatic rings. The third-order valence-corrected chi connectivity index (χ3v) is 22.0. The van der Waals surface area contributed by atoms with Crippen LogP contribution in [0.1, 0.15) is 135 Å². The zero-order chi connectivity index (χ0) is 80.4. The minimum absolute atomic E-state index is 0.00680. The topological polar surface area (TPSA) is 253 Å². The molecular weight excluding hydrogens is 1550 g/mol. The van der Waals surface area contributed by atoms with E-state index in [2.05, 4.69) is 66.2 Å². The average molecular weight is 1620 g/mol. The zero-order valence-corrected chi connectivity index (χ0v) is 62.3. The van der Waals surface area contributed by atoms with E-state index >= 15 is 8.78 Å². The normalized spacial score (nSPS) is 16.3. The highest BCUT2D eigenvalue weighted by molar-refractivity contribution is 7.18. The number of benzene rings is 3. The summed E-state index contributed by atoms with van der Waals surface area (Å²) in [6.45, 7) is 9.42. The summed E-state index contributed by atoms with van der Waals surface area (Å²) in [4.78, 5) is 107. The van der Waals surface area contributed by atoms with E-state index in [-0.39, 0.29) is 69.6 Å². The van der Waals surface area contributed by atoms with E-state index in [1.165, 1.54) is 23.6 Å². The number of aromatic nitrogens is 6. The summed E-state index contributed by atoms with van der Waals surface area (Å²) in [7, 11) is 5.74. The number of imide groups is 3. The molecule has 9 aromatic rings. The van der Waals surface area contributed by atoms with Gasteiger partial charge in [-0.15, -0.1) is 0 Å². The molecule has 592 valence electrons. The van der Waals surface area contributed by atoms with Gasteiger partial charge in [0.05, 0.1) is 11.0 Å². The second-order valence-electron chi connectivity index (χ2n) is 28.1. The Labute approximate surface area is 635 Å². The van der Waals surface area contributed by atoms with E-state index in [1.54, 1.807) is 0 Å². The Morgan fingerprint density at radius 3 is 1.07 bits per heavy atom. The first-order chi connectivity index (χ1) is 52.3. The van der Waals surface area contributed by atoms with Crippen LogP contribution in [0.25, 0.3) is 31.0 Å². The van der Waals surface area contributed by atoms with Crippen LogP contribution in [0.3, 0.4) is 0 Å². The Morgan fingerprint density at radius 2 is 0.766 bits per heavy atom. The number of carbonyl (C=O) groups excluding carboxylic acids is 6. The Morgan fingerprint density at radius 1 is 0.459 bits per heavy atom. The SMILES string of the molecule is CN1CCC(C(=O)NC(=O)c2c(F)ccc(OCc3nc4cc(C(C)(C)C)cnc4s3)c2F)CC1.CN1CCC(C(=O)NC(=O)c2c(F)ccc(OCc3nc4cc(C(F)(F)C(F)(F)F)cnc4s3)c2F)CC1.CN1CCC(C(=O)NC(=O)c2c(F)ccc(OCc3nc4cc(C5(C(F)(F)F)CC5)cnc4s3)c2F)CC1. The molecular formula is C73H70F14N12O9S3. The summed E-state index contributed by atoms with van der Waals surface area (Å²) in [5.41, 5.74) is -4.39. The van der Waals surface area contributed by atoms with Gasteiger partial charge in [0.1, 0.15) is 100 Å². The standard InChI is InChI=1S/C25H23F5N4O3S.C25H28F2N4O3S.C23H19F7N4O3S/c1-34-8-4-13(5-9-34)21(35)33-22(36)19-15(26)2-3-17(20(19)27)37-12-18-32-16-10-14(11-31-23(16)38-18)24(6-7-24)25(28,29)30;1-25(2,3)15-11-17-24(28-12-15)35-19(29-17)13-34-18-6-5-16(26)20(21(18)27)23(33)30-22(32)14-7-9-31(4)10-8-14;1-34-6-4-11(5-7-34)19(35)33-20(36)17-13(24)2-3-15(18(17)25)37-10-16-32-14-8-12(9-31-21(14)38-16)22(26,27)23(28,29)30/h2-3,10-11,13H,4-9,12H2,1H3,(H,33,35,36);5-6,11-12,14H,7-10,13H2,1-4H3,(H,30,32,33);2-3,8-9,11H,4-7,10H2,1H3,(H,33,35,36). The second-order valence-corrected chi connectivity index (χ2v) is 31.3. The van der Waals surface area contributed by atoms with Crippen LogP contribution in [0.4, 0.5) is 61.5 Å². The van der Waals surface area contributed by atoms with E-state index < -0.39 is 146 Å². The van der Waals surface area contributed by atoms with Gasteiger partial charge in [-0.1, -0.05) is 54.8 Å². The third kappa shape index (κ3) is 19.0. The van der Waals surface area contributed by atoms with E-state index in [1.807, 2.05) is 48.5 Å². The van der Waals surface area contributed by atoms with Gasteiger partial charge in [-0.2, -0.15) is 35.1 Å². The number of alkyl halides is 8. The summed E-state index contributed by atoms with van der Waals surface area (Å²) in [6, 6.07) is 9.43. The number of amides is 6. The number of likely N-dealkylation sites (tertiary alicyclic amines) is 3. The highest BCUT2D eigenvalue weighted by Crippen LogP contribution is 2.59. The summed E-state index contributed by atoms with van der Waals surface area (Å²) in [5, 5.41) is 7.14. The van der Waals surface area contributed by atoms with Crippen molar-refractivity contribution < 1.29 is 104 Å². The number of pyridine rings is 3. The van der Waals surface area contributed by atoms with Crippen molar-refractivity contribution in [3.8, 4) is 17.2 Å². The molecule has 0 unspecified atom stereocenters. The molecule has 21 nitrogen and oxygen atoms in total. The molecule has 6 aromatic heterocycles. The fraction of sp³-hybridized carbons (Fsp3) is 0.425. The molecule has 6 amide bonds. The number of fused-ring (bicyclic) bond motifs is 3. The van der Waals surface area contributed by atoms with Gasteiger partial charge in [0.25, 0.3) is 17.7 Å². The molecule has 0 radical (unpaired) electrons. The fourth-order valence-corrected chi connectivity index (χ4v) is 14.7. The molecule has 0 bridgehead atoms. The summed E-state index contributed by atoms with van der Waals surface area (Å²) < 4.78 is 210. The van der Waals surface area contributed by atoms with Crippen LogP contribution in [0, 0.1) is 52.7 Å². The number of ether oxygens (including phenoxy) is 3. The van der Waals surface area contributed by atoms with Crippen LogP contribution >= 0.6 is 34.0 Å². The quantitative estimate of drug-likeness (QED) is 0.0566. The fourth-order valence-electron chi connectivity index (χ4n) is 12.3. The second kappa shape index (κ2) is 33.4. The lowest BCUT2D eigenvalue weighted by Gasteiger charge is -2.27. The Kier molecular flexibility index (Phi) is 24.8. The summed E-state index contributed by atoms with van der Waals surface area (Å²) in [5.74, 6) is -20.4. The van der Waals surface area contributed by atoms with Crippen molar-refractivity contribution in [2.75, 3.05) is 60.4 Å². The minimum Gasteiger partial charge on any atom is -0.483 e. The Hall–Kier alpha value is -9.50. The summed E-state index contributed by atoms with van der Waals surface area (Å²) in [6.07, 6.45) is -3.65. The van der Waals surface area contributed by atoms with E-state index in [0.717, 1.165) is 82.6 Å². The smallest absolute Gasteiger partial charge is 0.458 e. The van der Waals surface area contributed by atoms with Gasteiger partial charge in [-0.3, -0.25) is 44.7 Å². The van der Waals surface area contributed by atoms with E-state index in [9.17, 15) is 81.5 Å². The molecule has 38 heteroatoms. The van der Waals surface area contributed by atoms with Gasteiger partial charge >= 0.3 is 18.3 Å². The van der Waals surface area contributed by atoms with Crippen molar-refractivity contribution in [1.29, 1.82) is 0 Å². The lowest BCUT2D eigenvalue weighted by atomic mass is 9.88. The minimum atomic E-state index is -5.83. The number of carbonyl (C=O) groups is 6. The predicted molar refractivity (Wildman–Crippen MR) is 378 cm³/mol. The number of thiazole rings is 3. The maximum Gasteiger partial charge on any atom is 0.458 e. The van der Waals surface area contributed by atoms with Crippen molar-refractivity contribution in [3.05, 3.63) is 156 Å². The average Bonchev–Trinajstić information content (AvgIpc) is 1.57. The van der Waals surface area contributed by atoms with Crippen LogP contribution in [-0.2, 0) is 51.0 Å². The molecule has 3 aliphatic heterocycles. The lowest BCUT2D eigenvalue weighted by molar-refractivity contribution is -0.289. The van der Waals surface area contributed by atoms with Crippen LogP contribution in [0.15, 0.2) is 73.2 Å². The van der Waals surface area contributed by atoms with Gasteiger partial charge < -0.3 is 28.9 Å². The molecule has 1 aliphatic carbocycles. The molecule has 0 spiro atoms. The number of hydrogen-bond acceptors (Lipinski definition) is 21. The van der Waals surface area contributed by atoms with Crippen molar-refractivity contribution in [3.63, 3.8) is 0 Å². The first-order valence-corrected chi connectivity index (χ1v) is 37.0. The van der Waals surface area contributed by atoms with Crippen molar-refractivity contribution >= 4 is 100 Å². The molecule has 1 saturated carbocycles. The Balaban J connectivity index is 0.000000165. The monoisotopic (exact) mass is 1620 g/mol. The first kappa shape index (κ1) is 82.5. The molecule has 3 aromatic carbocycles. The van der Waals surface area contributed by atoms with Gasteiger partial charge in [0, 0.05) is 36.3 Å². The zero-order valence-electron chi connectivity index (χ0n) is 59.9. The molecule has 9 heterocycles. The van der Waals surface area contributed by atoms with Gasteiger partial charge in [-0.05, 0) is 183 Å². The maximum absolute atomic E-state index is 15.1. The lowest BCUT2D eigenvalue weighted by Crippen LogP contribution is -2.41. The largest absolute Gasteiger partial charge is 0.483 e. The first-order valence-electron chi connectivity index (χ1n) is 34.5. The molecule has 0 atom stereocenters. The Bertz CT molecular complexity index is 4810. The van der Waals surface area contributed by atoms with Crippen LogP contribution < -0.4 is 30.2 Å². The highest BCUT2D eigenvalue weighted by atomic mass is 32.1. The number of nitrogens with one attached hydrogen (secondary N) is 3. The van der Waals surface area contributed by atoms with E-state index in [4.69, 9.17) is 14.2 Å². The maximum atomic E-state index is 15.1. The molecule has 111 heavy (non-hydrogen) atoms. The molecule has 3 saturated heterocycles. The van der Waals surface area contributed by atoms with Crippen molar-refractivity contribution in [1.82, 2.24) is 60.6 Å². The van der Waals surface area contributed by atoms with Crippen molar-refractivity contribution in [2.45, 2.75) is 121 Å². The van der Waals surface area contributed by atoms with Crippen LogP contribution in [-0.4, -0.2) is 153 Å². The number of nitrogens with zero attached hydrogens (tertiary/aromatic N) is 9. The molecule has 4 fully saturated rings. The number of piperidine rings is 3. The highest BCUT2D eigenvalue weighted by Gasteiger charge is 2.64. The number of hydrogen-bond donors (Lipinski definition) is 3.